The SMILES string of the molecule is Cc1ccc(-c2ccc(-n3nc(C(=O)O)c4c3[C@H]3C[C@H]3C4)nc2)cn1. The van der Waals surface area contributed by atoms with Gasteiger partial charge in [0.1, 0.15) is 0 Å². The second kappa shape index (κ2) is 4.99. The maximum Gasteiger partial charge on any atom is 0.356 e. The first-order valence-electron chi connectivity index (χ1n) is 8.36. The molecule has 0 spiro atoms. The van der Waals surface area contributed by atoms with Gasteiger partial charge in [-0.05, 0) is 43.9 Å². The molecule has 0 radical (unpaired) electrons. The average molecular weight is 332 g/mol. The van der Waals surface area contributed by atoms with Gasteiger partial charge in [-0.25, -0.2) is 14.5 Å². The van der Waals surface area contributed by atoms with Crippen molar-refractivity contribution < 1.29 is 9.90 Å². The predicted octanol–water partition coefficient (Wildman–Crippen LogP) is 3.00. The van der Waals surface area contributed by atoms with E-state index < -0.39 is 5.97 Å². The highest BCUT2D eigenvalue weighted by atomic mass is 16.4. The van der Waals surface area contributed by atoms with Crippen LogP contribution in [0.5, 0.6) is 0 Å². The summed E-state index contributed by atoms with van der Waals surface area (Å²) >= 11 is 0. The Morgan fingerprint density at radius 2 is 1.92 bits per heavy atom. The zero-order valence-electron chi connectivity index (χ0n) is 13.7. The Hall–Kier alpha value is -3.02. The van der Waals surface area contributed by atoms with Crippen molar-refractivity contribution in [3.8, 4) is 16.9 Å². The van der Waals surface area contributed by atoms with Crippen molar-refractivity contribution >= 4 is 5.97 Å². The van der Waals surface area contributed by atoms with E-state index in [0.29, 0.717) is 17.7 Å². The van der Waals surface area contributed by atoms with Gasteiger partial charge in [-0.15, -0.1) is 0 Å². The minimum absolute atomic E-state index is 0.177. The predicted molar refractivity (Wildman–Crippen MR) is 90.8 cm³/mol. The minimum atomic E-state index is -0.960. The first-order valence-corrected chi connectivity index (χ1v) is 8.36. The molecule has 3 heterocycles. The van der Waals surface area contributed by atoms with Crippen LogP contribution >= 0.6 is 0 Å². The highest BCUT2D eigenvalue weighted by Crippen LogP contribution is 2.57. The number of carboxylic acids is 1. The molecule has 0 aromatic carbocycles. The fourth-order valence-corrected chi connectivity index (χ4v) is 3.78. The van der Waals surface area contributed by atoms with Crippen molar-refractivity contribution in [1.29, 1.82) is 0 Å². The molecule has 2 atom stereocenters. The molecule has 2 aliphatic rings. The Morgan fingerprint density at radius 3 is 2.56 bits per heavy atom. The van der Waals surface area contributed by atoms with Crippen molar-refractivity contribution in [3.05, 3.63) is 59.3 Å². The number of nitrogens with zero attached hydrogens (tertiary/aromatic N) is 4. The van der Waals surface area contributed by atoms with Crippen LogP contribution in [0.4, 0.5) is 0 Å². The summed E-state index contributed by atoms with van der Waals surface area (Å²) in [4.78, 5) is 20.3. The van der Waals surface area contributed by atoms with Gasteiger partial charge in [-0.1, -0.05) is 6.07 Å². The first-order chi connectivity index (χ1) is 12.1. The number of aromatic carboxylic acids is 1. The second-order valence-corrected chi connectivity index (χ2v) is 6.83. The van der Waals surface area contributed by atoms with Crippen LogP contribution in [-0.2, 0) is 6.42 Å². The number of aromatic nitrogens is 4. The van der Waals surface area contributed by atoms with E-state index in [1.165, 1.54) is 0 Å². The summed E-state index contributed by atoms with van der Waals surface area (Å²) in [5.74, 6) is 0.743. The summed E-state index contributed by atoms with van der Waals surface area (Å²) in [6.07, 6.45) is 5.57. The lowest BCUT2D eigenvalue weighted by atomic mass is 10.1. The van der Waals surface area contributed by atoms with Crippen molar-refractivity contribution in [1.82, 2.24) is 19.7 Å². The Labute approximate surface area is 144 Å². The molecule has 1 saturated carbocycles. The standard InChI is InChI=1S/C19H16N4O2/c1-10-2-3-11(8-20-10)12-4-5-16(21-9-12)23-18-14-6-13(14)7-15(18)17(22-23)19(24)25/h2-5,8-9,13-14H,6-7H2,1H3,(H,24,25)/t13-,14-/m0/s1. The lowest BCUT2D eigenvalue weighted by Gasteiger charge is -2.07. The van der Waals surface area contributed by atoms with Crippen molar-refractivity contribution in [2.45, 2.75) is 25.7 Å². The molecule has 0 aliphatic heterocycles. The lowest BCUT2D eigenvalue weighted by Crippen LogP contribution is -2.05. The summed E-state index contributed by atoms with van der Waals surface area (Å²) in [6, 6.07) is 7.85. The van der Waals surface area contributed by atoms with Crippen LogP contribution in [0, 0.1) is 12.8 Å². The Balaban J connectivity index is 1.55. The molecule has 1 N–H and O–H groups in total. The van der Waals surface area contributed by atoms with Crippen molar-refractivity contribution in [3.63, 3.8) is 0 Å². The lowest BCUT2D eigenvalue weighted by molar-refractivity contribution is 0.0688. The van der Waals surface area contributed by atoms with Gasteiger partial charge in [-0.2, -0.15) is 5.10 Å². The molecule has 124 valence electrons. The first kappa shape index (κ1) is 14.3. The maximum absolute atomic E-state index is 11.5. The van der Waals surface area contributed by atoms with Gasteiger partial charge in [0.25, 0.3) is 0 Å². The number of pyridine rings is 2. The molecule has 3 aromatic heterocycles. The van der Waals surface area contributed by atoms with Gasteiger partial charge in [0.05, 0.1) is 5.69 Å². The third-order valence-electron chi connectivity index (χ3n) is 5.18. The molecule has 25 heavy (non-hydrogen) atoms. The number of aryl methyl sites for hydroxylation is 1. The van der Waals surface area contributed by atoms with Crippen LogP contribution in [0.25, 0.3) is 16.9 Å². The number of carbonyl (C=O) groups is 1. The molecule has 0 bridgehead atoms. The van der Waals surface area contributed by atoms with E-state index in [4.69, 9.17) is 0 Å². The smallest absolute Gasteiger partial charge is 0.356 e. The minimum Gasteiger partial charge on any atom is -0.476 e. The summed E-state index contributed by atoms with van der Waals surface area (Å²) < 4.78 is 1.73. The van der Waals surface area contributed by atoms with E-state index in [0.717, 1.165) is 40.9 Å². The number of carboxylic acid groups (broad SMARTS) is 1. The third-order valence-corrected chi connectivity index (χ3v) is 5.18. The Bertz CT molecular complexity index is 990. The molecule has 6 heteroatoms. The molecule has 0 saturated heterocycles. The van der Waals surface area contributed by atoms with E-state index in [1.807, 2.05) is 37.4 Å². The second-order valence-electron chi connectivity index (χ2n) is 6.83. The summed E-state index contributed by atoms with van der Waals surface area (Å²) in [5, 5.41) is 13.8. The Morgan fingerprint density at radius 1 is 1.16 bits per heavy atom. The number of rotatable bonds is 3. The summed E-state index contributed by atoms with van der Waals surface area (Å²) in [7, 11) is 0. The van der Waals surface area contributed by atoms with Crippen LogP contribution in [0.3, 0.4) is 0 Å². The van der Waals surface area contributed by atoms with Crippen LogP contribution in [0.1, 0.15) is 39.8 Å². The van der Waals surface area contributed by atoms with Crippen molar-refractivity contribution in [2.75, 3.05) is 0 Å². The molecule has 2 aliphatic carbocycles. The average Bonchev–Trinajstić information content (AvgIpc) is 3.11. The summed E-state index contributed by atoms with van der Waals surface area (Å²) in [5.41, 5.74) is 5.06. The van der Waals surface area contributed by atoms with E-state index in [-0.39, 0.29) is 5.69 Å². The molecule has 3 aromatic rings. The zero-order chi connectivity index (χ0) is 17.1. The van der Waals surface area contributed by atoms with E-state index in [9.17, 15) is 9.90 Å². The molecular formula is C19H16N4O2. The monoisotopic (exact) mass is 332 g/mol. The largest absolute Gasteiger partial charge is 0.476 e. The third kappa shape index (κ3) is 2.17. The molecule has 5 rings (SSSR count). The fourth-order valence-electron chi connectivity index (χ4n) is 3.78. The van der Waals surface area contributed by atoms with Gasteiger partial charge >= 0.3 is 5.97 Å². The van der Waals surface area contributed by atoms with E-state index in [2.05, 4.69) is 15.1 Å². The van der Waals surface area contributed by atoms with Crippen LogP contribution in [0.2, 0.25) is 0 Å². The van der Waals surface area contributed by atoms with Gasteiger partial charge in [0.15, 0.2) is 11.5 Å². The number of hydrogen-bond donors (Lipinski definition) is 1. The fraction of sp³-hybridized carbons (Fsp3) is 0.263. The maximum atomic E-state index is 11.5. The highest BCUT2D eigenvalue weighted by Gasteiger charge is 2.50. The van der Waals surface area contributed by atoms with Gasteiger partial charge in [-0.3, -0.25) is 4.98 Å². The number of fused-ring (bicyclic) bond motifs is 3. The molecule has 6 nitrogen and oxygen atoms in total. The van der Waals surface area contributed by atoms with Crippen LogP contribution in [0.15, 0.2) is 36.7 Å². The van der Waals surface area contributed by atoms with Gasteiger partial charge in [0.2, 0.25) is 0 Å². The van der Waals surface area contributed by atoms with Crippen LogP contribution < -0.4 is 0 Å². The highest BCUT2D eigenvalue weighted by molar-refractivity contribution is 5.88. The molecule has 1 fully saturated rings. The van der Waals surface area contributed by atoms with Gasteiger partial charge < -0.3 is 5.11 Å². The Kier molecular flexibility index (Phi) is 2.86. The summed E-state index contributed by atoms with van der Waals surface area (Å²) in [6.45, 7) is 1.95. The van der Waals surface area contributed by atoms with Crippen LogP contribution in [-0.4, -0.2) is 30.8 Å². The zero-order valence-corrected chi connectivity index (χ0v) is 13.7. The van der Waals surface area contributed by atoms with E-state index >= 15 is 0 Å². The normalized spacial score (nSPS) is 20.2. The van der Waals surface area contributed by atoms with Gasteiger partial charge in [0, 0.05) is 40.7 Å². The van der Waals surface area contributed by atoms with E-state index in [1.54, 1.807) is 10.9 Å². The molecule has 0 amide bonds. The molecular weight excluding hydrogens is 316 g/mol. The van der Waals surface area contributed by atoms with Crippen molar-refractivity contribution in [2.24, 2.45) is 5.92 Å². The quantitative estimate of drug-likeness (QED) is 0.797. The molecule has 0 unspecified atom stereocenters. The topological polar surface area (TPSA) is 80.9 Å². The number of hydrogen-bond acceptors (Lipinski definition) is 4.